The fraction of sp³-hybridized carbons (Fsp3) is 0.348. The van der Waals surface area contributed by atoms with E-state index in [1.54, 1.807) is 6.07 Å². The van der Waals surface area contributed by atoms with Crippen molar-refractivity contribution in [3.63, 3.8) is 0 Å². The van der Waals surface area contributed by atoms with Crippen LogP contribution in [0.5, 0.6) is 0 Å². The Kier molecular flexibility index (Phi) is 4.94. The second-order valence-electron chi connectivity index (χ2n) is 8.07. The number of halogens is 1. The Hall–Kier alpha value is -2.66. The van der Waals surface area contributed by atoms with Gasteiger partial charge in [0, 0.05) is 49.8 Å². The first-order chi connectivity index (χ1) is 13.4. The number of rotatable bonds is 4. The number of fused-ring (bicyclic) bond motifs is 1. The summed E-state index contributed by atoms with van der Waals surface area (Å²) in [5.74, 6) is -0.156. The largest absolute Gasteiger partial charge is 0.361 e. The molecule has 0 saturated carbocycles. The minimum Gasteiger partial charge on any atom is -0.361 e. The molecule has 1 aliphatic rings. The predicted octanol–water partition coefficient (Wildman–Crippen LogP) is 3.93. The molecule has 1 N–H and O–H groups in total. The molecule has 0 atom stereocenters. The number of nitrogens with zero attached hydrogens (tertiary/aromatic N) is 2. The first-order valence-corrected chi connectivity index (χ1v) is 9.78. The van der Waals surface area contributed by atoms with Crippen molar-refractivity contribution in [1.29, 1.82) is 0 Å². The number of hydrogen-bond donors (Lipinski definition) is 1. The van der Waals surface area contributed by atoms with E-state index in [0.717, 1.165) is 49.2 Å². The molecule has 3 aromatic rings. The van der Waals surface area contributed by atoms with Crippen LogP contribution < -0.4 is 0 Å². The average Bonchev–Trinajstić information content (AvgIpc) is 3.12. The summed E-state index contributed by atoms with van der Waals surface area (Å²) in [4.78, 5) is 20.8. The predicted molar refractivity (Wildman–Crippen MR) is 110 cm³/mol. The summed E-state index contributed by atoms with van der Waals surface area (Å²) in [6, 6.07) is 15.1. The maximum absolute atomic E-state index is 13.5. The quantitative estimate of drug-likeness (QED) is 0.746. The lowest BCUT2D eigenvalue weighted by molar-refractivity contribution is -0.138. The van der Waals surface area contributed by atoms with Gasteiger partial charge in [-0.15, -0.1) is 0 Å². The molecule has 1 aromatic heterocycles. The van der Waals surface area contributed by atoms with Gasteiger partial charge in [0.25, 0.3) is 0 Å². The van der Waals surface area contributed by atoms with E-state index < -0.39 is 5.41 Å². The smallest absolute Gasteiger partial charge is 0.232 e. The molecule has 4 rings (SSSR count). The Bertz CT molecular complexity index is 972. The van der Waals surface area contributed by atoms with Crippen LogP contribution in [0.15, 0.2) is 54.7 Å². The molecule has 1 fully saturated rings. The Balaban J connectivity index is 1.45. The summed E-state index contributed by atoms with van der Waals surface area (Å²) in [5.41, 5.74) is 2.27. The molecule has 0 spiro atoms. The minimum absolute atomic E-state index is 0.122. The van der Waals surface area contributed by atoms with Crippen molar-refractivity contribution in [2.75, 3.05) is 26.2 Å². The van der Waals surface area contributed by atoms with E-state index in [-0.39, 0.29) is 11.7 Å². The van der Waals surface area contributed by atoms with Crippen molar-refractivity contribution in [3.8, 4) is 0 Å². The molecule has 0 bridgehead atoms. The van der Waals surface area contributed by atoms with E-state index >= 15 is 0 Å². The highest BCUT2D eigenvalue weighted by atomic mass is 19.1. The van der Waals surface area contributed by atoms with E-state index in [1.807, 2.05) is 31.0 Å². The van der Waals surface area contributed by atoms with Gasteiger partial charge in [-0.2, -0.15) is 0 Å². The summed E-state index contributed by atoms with van der Waals surface area (Å²) in [5, 5.41) is 0.905. The number of aromatic nitrogens is 1. The maximum atomic E-state index is 13.5. The van der Waals surface area contributed by atoms with Crippen LogP contribution in [0.3, 0.4) is 0 Å². The number of amides is 1. The monoisotopic (exact) mass is 379 g/mol. The Morgan fingerprint density at radius 3 is 2.50 bits per heavy atom. The number of piperazine rings is 1. The summed E-state index contributed by atoms with van der Waals surface area (Å²) < 4.78 is 13.5. The molecule has 2 aromatic carbocycles. The van der Waals surface area contributed by atoms with Crippen LogP contribution in [0.25, 0.3) is 10.9 Å². The second kappa shape index (κ2) is 7.40. The number of carbonyl (C=O) groups excluding carboxylic acids is 1. The molecular formula is C23H26FN3O. The van der Waals surface area contributed by atoms with Gasteiger partial charge in [0.05, 0.1) is 5.41 Å². The van der Waals surface area contributed by atoms with Gasteiger partial charge in [-0.1, -0.05) is 30.3 Å². The van der Waals surface area contributed by atoms with E-state index in [4.69, 9.17) is 0 Å². The molecular weight excluding hydrogens is 353 g/mol. The highest BCUT2D eigenvalue weighted by Gasteiger charge is 2.36. The van der Waals surface area contributed by atoms with Gasteiger partial charge in [0.2, 0.25) is 5.91 Å². The van der Waals surface area contributed by atoms with E-state index in [0.29, 0.717) is 0 Å². The lowest BCUT2D eigenvalue weighted by atomic mass is 9.82. The van der Waals surface area contributed by atoms with Crippen molar-refractivity contribution in [2.45, 2.75) is 25.8 Å². The lowest BCUT2D eigenvalue weighted by Gasteiger charge is -2.38. The molecule has 0 aliphatic carbocycles. The van der Waals surface area contributed by atoms with Gasteiger partial charge >= 0.3 is 0 Å². The van der Waals surface area contributed by atoms with Gasteiger partial charge in [-0.25, -0.2) is 4.39 Å². The summed E-state index contributed by atoms with van der Waals surface area (Å²) in [6.07, 6.45) is 1.84. The zero-order valence-electron chi connectivity index (χ0n) is 16.4. The fourth-order valence-electron chi connectivity index (χ4n) is 4.08. The Morgan fingerprint density at radius 1 is 1.07 bits per heavy atom. The van der Waals surface area contributed by atoms with E-state index in [9.17, 15) is 9.18 Å². The van der Waals surface area contributed by atoms with Crippen LogP contribution in [0.1, 0.15) is 25.0 Å². The highest BCUT2D eigenvalue weighted by Crippen LogP contribution is 2.32. The third kappa shape index (κ3) is 3.54. The van der Waals surface area contributed by atoms with Crippen LogP contribution in [-0.4, -0.2) is 46.9 Å². The van der Waals surface area contributed by atoms with Gasteiger partial charge < -0.3 is 9.88 Å². The zero-order valence-corrected chi connectivity index (χ0v) is 16.4. The zero-order chi connectivity index (χ0) is 19.7. The third-order valence-corrected chi connectivity index (χ3v) is 5.76. The Morgan fingerprint density at radius 2 is 1.79 bits per heavy atom. The minimum atomic E-state index is -0.669. The summed E-state index contributed by atoms with van der Waals surface area (Å²) >= 11 is 0. The van der Waals surface area contributed by atoms with E-state index in [1.165, 1.54) is 17.7 Å². The van der Waals surface area contributed by atoms with Crippen molar-refractivity contribution in [2.24, 2.45) is 0 Å². The van der Waals surface area contributed by atoms with Crippen LogP contribution in [0.4, 0.5) is 4.39 Å². The van der Waals surface area contributed by atoms with Gasteiger partial charge in [-0.3, -0.25) is 9.69 Å². The molecule has 0 unspecified atom stereocenters. The topological polar surface area (TPSA) is 39.3 Å². The molecule has 4 nitrogen and oxygen atoms in total. The number of carbonyl (C=O) groups is 1. The maximum Gasteiger partial charge on any atom is 0.232 e. The normalized spacial score (nSPS) is 15.9. The number of aromatic amines is 1. The van der Waals surface area contributed by atoms with Crippen molar-refractivity contribution < 1.29 is 9.18 Å². The first-order valence-electron chi connectivity index (χ1n) is 9.78. The second-order valence-corrected chi connectivity index (χ2v) is 8.07. The highest BCUT2D eigenvalue weighted by molar-refractivity contribution is 5.94. The SMILES string of the molecule is CC(C)(C(=O)N1CCN(Cc2ccccc2)CC1)c1c[nH]c2cc(F)ccc12. The van der Waals surface area contributed by atoms with Gasteiger partial charge in [0.15, 0.2) is 0 Å². The van der Waals surface area contributed by atoms with Gasteiger partial charge in [0.1, 0.15) is 5.82 Å². The van der Waals surface area contributed by atoms with Crippen LogP contribution in [0, 0.1) is 5.82 Å². The summed E-state index contributed by atoms with van der Waals surface area (Å²) in [6.45, 7) is 8.03. The summed E-state index contributed by atoms with van der Waals surface area (Å²) in [7, 11) is 0. The van der Waals surface area contributed by atoms with Crippen molar-refractivity contribution >= 4 is 16.8 Å². The molecule has 1 amide bonds. The average molecular weight is 379 g/mol. The van der Waals surface area contributed by atoms with Crippen LogP contribution in [-0.2, 0) is 16.8 Å². The Labute approximate surface area is 165 Å². The number of hydrogen-bond acceptors (Lipinski definition) is 2. The van der Waals surface area contributed by atoms with E-state index in [2.05, 4.69) is 34.1 Å². The molecule has 5 heteroatoms. The molecule has 28 heavy (non-hydrogen) atoms. The lowest BCUT2D eigenvalue weighted by Crippen LogP contribution is -2.52. The number of H-pyrrole nitrogens is 1. The standard InChI is InChI=1S/C23H26FN3O/c1-23(2,20-15-25-21-14-18(24)8-9-19(20)21)22(28)27-12-10-26(11-13-27)16-17-6-4-3-5-7-17/h3-9,14-15,25H,10-13,16H2,1-2H3. The van der Waals surface area contributed by atoms with Crippen LogP contribution in [0.2, 0.25) is 0 Å². The molecule has 1 aliphatic heterocycles. The molecule has 1 saturated heterocycles. The third-order valence-electron chi connectivity index (χ3n) is 5.76. The first kappa shape index (κ1) is 18.7. The van der Waals surface area contributed by atoms with Crippen molar-refractivity contribution in [3.05, 3.63) is 71.7 Å². The molecule has 146 valence electrons. The number of benzene rings is 2. The molecule has 0 radical (unpaired) electrons. The fourth-order valence-corrected chi connectivity index (χ4v) is 4.08. The molecule has 2 heterocycles. The van der Waals surface area contributed by atoms with Crippen LogP contribution >= 0.6 is 0 Å². The van der Waals surface area contributed by atoms with Crippen molar-refractivity contribution in [1.82, 2.24) is 14.8 Å². The number of nitrogens with one attached hydrogen (secondary N) is 1. The van der Waals surface area contributed by atoms with Gasteiger partial charge in [-0.05, 0) is 43.2 Å².